The Kier molecular flexibility index (Phi) is 7.64. The number of alkyl halides is 3. The summed E-state index contributed by atoms with van der Waals surface area (Å²) in [6.45, 7) is -0.101. The fourth-order valence-electron chi connectivity index (χ4n) is 2.21. The summed E-state index contributed by atoms with van der Waals surface area (Å²) in [7, 11) is 0. The van der Waals surface area contributed by atoms with Gasteiger partial charge in [0.25, 0.3) is 5.69 Å². The van der Waals surface area contributed by atoms with E-state index in [1.807, 2.05) is 0 Å². The number of halogens is 3. The number of carbonyl (C=O) groups is 2. The summed E-state index contributed by atoms with van der Waals surface area (Å²) >= 11 is 0.627. The molecule has 2 rings (SSSR count). The molecule has 2 aromatic rings. The van der Waals surface area contributed by atoms with Gasteiger partial charge in [-0.2, -0.15) is 13.2 Å². The maximum absolute atomic E-state index is 12.8. The Bertz CT molecular complexity index is 924. The number of rotatable bonds is 8. The molecule has 12 heteroatoms. The highest BCUT2D eigenvalue weighted by Crippen LogP contribution is 2.36. The number of ether oxygens (including phenoxy) is 1. The normalized spacial score (nSPS) is 12.1. The minimum atomic E-state index is -4.76. The average molecular weight is 444 g/mol. The second-order valence-electron chi connectivity index (χ2n) is 5.85. The van der Waals surface area contributed by atoms with Crippen LogP contribution in [0.1, 0.15) is 11.1 Å². The molecule has 0 radical (unpaired) electrons. The Labute approximate surface area is 172 Å². The van der Waals surface area contributed by atoms with Crippen molar-refractivity contribution in [2.24, 2.45) is 0 Å². The van der Waals surface area contributed by atoms with Gasteiger partial charge in [-0.1, -0.05) is 30.3 Å². The third-order valence-corrected chi connectivity index (χ3v) is 4.85. The van der Waals surface area contributed by atoms with E-state index in [0.717, 1.165) is 6.07 Å². The molecule has 0 fully saturated rings. The average Bonchev–Trinajstić information content (AvgIpc) is 2.69. The van der Waals surface area contributed by atoms with Crippen LogP contribution >= 0.6 is 11.8 Å². The Hall–Kier alpha value is -3.28. The Morgan fingerprint density at radius 1 is 1.20 bits per heavy atom. The lowest BCUT2D eigenvalue weighted by Gasteiger charge is -2.15. The van der Waals surface area contributed by atoms with Gasteiger partial charge in [0.2, 0.25) is 0 Å². The number of nitrogens with one attached hydrogen (secondary N) is 1. The number of amides is 1. The summed E-state index contributed by atoms with van der Waals surface area (Å²) in [5.74, 6) is -1.81. The lowest BCUT2D eigenvalue weighted by molar-refractivity contribution is -0.388. The maximum Gasteiger partial charge on any atom is 0.416 e. The molecular formula is C18H15F3N2O6S. The third kappa shape index (κ3) is 6.65. The molecule has 1 amide bonds. The molecule has 30 heavy (non-hydrogen) atoms. The number of carbonyl (C=O) groups excluding carboxylic acids is 1. The summed E-state index contributed by atoms with van der Waals surface area (Å²) < 4.78 is 43.2. The van der Waals surface area contributed by atoms with Gasteiger partial charge in [-0.25, -0.2) is 9.59 Å². The number of nitro groups is 1. The van der Waals surface area contributed by atoms with E-state index < -0.39 is 40.5 Å². The number of nitrogens with zero attached hydrogens (tertiary/aromatic N) is 1. The molecule has 0 heterocycles. The monoisotopic (exact) mass is 444 g/mol. The molecular weight excluding hydrogens is 429 g/mol. The number of thioether (sulfide) groups is 1. The van der Waals surface area contributed by atoms with Gasteiger partial charge in [-0.15, -0.1) is 11.8 Å². The number of nitro benzene ring substituents is 1. The van der Waals surface area contributed by atoms with Crippen molar-refractivity contribution in [2.75, 3.05) is 5.75 Å². The first kappa shape index (κ1) is 23.0. The molecule has 0 unspecified atom stereocenters. The molecule has 1 atom stereocenters. The fraction of sp³-hybridized carbons (Fsp3) is 0.222. The van der Waals surface area contributed by atoms with Gasteiger partial charge in [0, 0.05) is 11.8 Å². The molecule has 2 aromatic carbocycles. The number of carboxylic acid groups (broad SMARTS) is 1. The highest BCUT2D eigenvalue weighted by Gasteiger charge is 2.33. The zero-order valence-electron chi connectivity index (χ0n) is 15.1. The van der Waals surface area contributed by atoms with Gasteiger partial charge in [0.15, 0.2) is 0 Å². The predicted octanol–water partition coefficient (Wildman–Crippen LogP) is 4.09. The van der Waals surface area contributed by atoms with Gasteiger partial charge >= 0.3 is 18.2 Å². The van der Waals surface area contributed by atoms with Crippen molar-refractivity contribution >= 4 is 29.5 Å². The van der Waals surface area contributed by atoms with E-state index in [4.69, 9.17) is 4.74 Å². The van der Waals surface area contributed by atoms with Gasteiger partial charge in [-0.05, 0) is 17.7 Å². The number of hydrogen-bond acceptors (Lipinski definition) is 6. The summed E-state index contributed by atoms with van der Waals surface area (Å²) in [4.78, 5) is 33.1. The number of aliphatic carboxylic acids is 1. The highest BCUT2D eigenvalue weighted by molar-refractivity contribution is 7.99. The second kappa shape index (κ2) is 9.96. The van der Waals surface area contributed by atoms with Crippen LogP contribution in [0.4, 0.5) is 23.7 Å². The first-order chi connectivity index (χ1) is 14.1. The van der Waals surface area contributed by atoms with Gasteiger partial charge in [0.05, 0.1) is 15.4 Å². The molecule has 0 bridgehead atoms. The molecule has 160 valence electrons. The van der Waals surface area contributed by atoms with Crippen molar-refractivity contribution < 1.29 is 37.5 Å². The van der Waals surface area contributed by atoms with Gasteiger partial charge < -0.3 is 15.2 Å². The first-order valence-corrected chi connectivity index (χ1v) is 9.25. The number of carboxylic acids is 1. The molecule has 0 spiro atoms. The van der Waals surface area contributed by atoms with Crippen LogP contribution in [0.25, 0.3) is 0 Å². The summed E-state index contributed by atoms with van der Waals surface area (Å²) in [6.07, 6.45) is -5.78. The Balaban J connectivity index is 2.02. The molecule has 0 aliphatic heterocycles. The summed E-state index contributed by atoms with van der Waals surface area (Å²) in [6, 6.07) is 9.05. The Morgan fingerprint density at radius 2 is 1.87 bits per heavy atom. The number of alkyl carbamates (subject to hydrolysis) is 1. The predicted molar refractivity (Wildman–Crippen MR) is 100 cm³/mol. The molecule has 0 aliphatic carbocycles. The topological polar surface area (TPSA) is 119 Å². The first-order valence-electron chi connectivity index (χ1n) is 8.26. The smallest absolute Gasteiger partial charge is 0.416 e. The van der Waals surface area contributed by atoms with Crippen LogP contribution in [-0.2, 0) is 22.3 Å². The van der Waals surface area contributed by atoms with Crippen LogP contribution in [0.5, 0.6) is 0 Å². The van der Waals surface area contributed by atoms with Crippen LogP contribution in [0.3, 0.4) is 0 Å². The van der Waals surface area contributed by atoms with Crippen molar-refractivity contribution in [1.29, 1.82) is 0 Å². The quantitative estimate of drug-likeness (QED) is 0.358. The van der Waals surface area contributed by atoms with E-state index in [1.165, 1.54) is 0 Å². The lowest BCUT2D eigenvalue weighted by Crippen LogP contribution is -2.42. The molecule has 0 saturated carbocycles. The van der Waals surface area contributed by atoms with E-state index in [-0.39, 0.29) is 17.3 Å². The third-order valence-electron chi connectivity index (χ3n) is 3.69. The van der Waals surface area contributed by atoms with Crippen molar-refractivity contribution in [3.05, 3.63) is 69.8 Å². The second-order valence-corrected chi connectivity index (χ2v) is 6.91. The standard InChI is InChI=1S/C18H15F3N2O6S/c19-18(20,21)12-6-7-15(14(8-12)23(27)28)30-10-13(16(24)25)22-17(26)29-9-11-4-2-1-3-5-11/h1-8,13H,9-10H2,(H,22,26)(H,24,25)/t13-/m0/s1. The van der Waals surface area contributed by atoms with Crippen LogP contribution in [0.15, 0.2) is 53.4 Å². The maximum atomic E-state index is 12.8. The zero-order valence-corrected chi connectivity index (χ0v) is 15.9. The largest absolute Gasteiger partial charge is 0.480 e. The van der Waals surface area contributed by atoms with Crippen LogP contribution in [-0.4, -0.2) is 33.9 Å². The van der Waals surface area contributed by atoms with Crippen molar-refractivity contribution in [2.45, 2.75) is 23.7 Å². The molecule has 0 aromatic heterocycles. The highest BCUT2D eigenvalue weighted by atomic mass is 32.2. The Morgan fingerprint density at radius 3 is 2.43 bits per heavy atom. The molecule has 0 aliphatic rings. The van der Waals surface area contributed by atoms with Gasteiger partial charge in [0.1, 0.15) is 12.6 Å². The number of benzene rings is 2. The van der Waals surface area contributed by atoms with Crippen LogP contribution in [0.2, 0.25) is 0 Å². The van der Waals surface area contributed by atoms with E-state index in [1.54, 1.807) is 30.3 Å². The zero-order chi connectivity index (χ0) is 22.3. The minimum Gasteiger partial charge on any atom is -0.480 e. The van der Waals surface area contributed by atoms with E-state index in [0.29, 0.717) is 29.5 Å². The molecule has 2 N–H and O–H groups in total. The fourth-order valence-corrected chi connectivity index (χ4v) is 3.23. The SMILES string of the molecule is O=C(N[C@@H](CSc1ccc(C(F)(F)F)cc1[N+](=O)[O-])C(=O)O)OCc1ccccc1. The summed E-state index contributed by atoms with van der Waals surface area (Å²) in [5, 5.41) is 22.5. The molecule has 0 saturated heterocycles. The van der Waals surface area contributed by atoms with E-state index in [9.17, 15) is 38.0 Å². The minimum absolute atomic E-state index is 0.101. The number of hydrogen-bond donors (Lipinski definition) is 2. The van der Waals surface area contributed by atoms with Crippen LogP contribution < -0.4 is 5.32 Å². The lowest BCUT2D eigenvalue weighted by atomic mass is 10.2. The van der Waals surface area contributed by atoms with Crippen molar-refractivity contribution in [3.63, 3.8) is 0 Å². The van der Waals surface area contributed by atoms with Crippen LogP contribution in [0, 0.1) is 10.1 Å². The molecule has 8 nitrogen and oxygen atoms in total. The van der Waals surface area contributed by atoms with Gasteiger partial charge in [-0.3, -0.25) is 10.1 Å². The van der Waals surface area contributed by atoms with Crippen molar-refractivity contribution in [3.8, 4) is 0 Å². The van der Waals surface area contributed by atoms with E-state index >= 15 is 0 Å². The van der Waals surface area contributed by atoms with Crippen molar-refractivity contribution in [1.82, 2.24) is 5.32 Å². The summed E-state index contributed by atoms with van der Waals surface area (Å²) in [5.41, 5.74) is -1.34. The van der Waals surface area contributed by atoms with E-state index in [2.05, 4.69) is 5.32 Å².